The fourth-order valence-corrected chi connectivity index (χ4v) is 4.58. The second kappa shape index (κ2) is 8.53. The van der Waals surface area contributed by atoms with Gasteiger partial charge in [0.05, 0.1) is 10.6 Å². The molecule has 2 heterocycles. The number of aromatic nitrogens is 1. The lowest BCUT2D eigenvalue weighted by atomic mass is 9.64. The quantitative estimate of drug-likeness (QED) is 0.657. The van der Waals surface area contributed by atoms with E-state index in [1.165, 1.54) is 24.1 Å². The Morgan fingerprint density at radius 2 is 1.88 bits per heavy atom. The number of hydrogen-bond acceptors (Lipinski definition) is 4. The van der Waals surface area contributed by atoms with Gasteiger partial charge in [0.25, 0.3) is 5.91 Å². The second-order valence-corrected chi connectivity index (χ2v) is 8.71. The molecular formula is C22H19ClF4N4O3. The molecule has 1 spiro atoms. The normalized spacial score (nSPS) is 22.7. The zero-order valence-electron chi connectivity index (χ0n) is 17.8. The predicted octanol–water partition coefficient (Wildman–Crippen LogP) is 3.16. The fraction of sp³-hybridized carbons (Fsp3) is 0.364. The van der Waals surface area contributed by atoms with Gasteiger partial charge in [-0.15, -0.1) is 0 Å². The smallest absolute Gasteiger partial charge is 0.359 e. The van der Waals surface area contributed by atoms with Crippen LogP contribution in [0.25, 0.3) is 0 Å². The number of hydrogen-bond donors (Lipinski definition) is 1. The van der Waals surface area contributed by atoms with Gasteiger partial charge in [0.2, 0.25) is 11.8 Å². The number of nitrogens with zero attached hydrogens (tertiary/aromatic N) is 3. The molecule has 1 aliphatic heterocycles. The van der Waals surface area contributed by atoms with Crippen LogP contribution in [0.15, 0.2) is 36.5 Å². The van der Waals surface area contributed by atoms with E-state index < -0.39 is 47.4 Å². The van der Waals surface area contributed by atoms with Crippen LogP contribution in [-0.4, -0.2) is 46.7 Å². The topological polar surface area (TPSA) is 82.6 Å². The van der Waals surface area contributed by atoms with Crippen LogP contribution in [0.5, 0.6) is 0 Å². The summed E-state index contributed by atoms with van der Waals surface area (Å²) >= 11 is 5.74. The van der Waals surface area contributed by atoms with E-state index >= 15 is 0 Å². The Bertz CT molecular complexity index is 1150. The summed E-state index contributed by atoms with van der Waals surface area (Å²) in [5, 5.41) is 2.51. The van der Waals surface area contributed by atoms with Crippen molar-refractivity contribution in [2.75, 3.05) is 18.5 Å². The number of rotatable bonds is 4. The van der Waals surface area contributed by atoms with Crippen molar-refractivity contribution in [3.63, 3.8) is 0 Å². The van der Waals surface area contributed by atoms with E-state index in [0.29, 0.717) is 5.56 Å². The van der Waals surface area contributed by atoms with Gasteiger partial charge in [-0.2, -0.15) is 13.2 Å². The summed E-state index contributed by atoms with van der Waals surface area (Å²) in [5.74, 6) is -3.28. The Balaban J connectivity index is 1.67. The third-order valence-electron chi connectivity index (χ3n) is 6.21. The maximum Gasteiger partial charge on any atom is 0.416 e. The molecule has 4 rings (SSSR count). The lowest BCUT2D eigenvalue weighted by molar-refractivity contribution is -0.165. The number of carbonyl (C=O) groups is 3. The zero-order valence-corrected chi connectivity index (χ0v) is 18.6. The molecule has 12 heteroatoms. The minimum absolute atomic E-state index is 0.0103. The lowest BCUT2D eigenvalue weighted by Crippen LogP contribution is -2.73. The zero-order chi connectivity index (χ0) is 24.8. The van der Waals surface area contributed by atoms with Gasteiger partial charge in [0.15, 0.2) is 11.6 Å². The number of carbonyl (C=O) groups excluding carboxylic acids is 3. The molecule has 1 saturated carbocycles. The summed E-state index contributed by atoms with van der Waals surface area (Å²) in [6.45, 7) is -0.662. The van der Waals surface area contributed by atoms with Gasteiger partial charge in [0.1, 0.15) is 12.1 Å². The molecule has 34 heavy (non-hydrogen) atoms. The summed E-state index contributed by atoms with van der Waals surface area (Å²) in [6.07, 6.45) is -3.39. The van der Waals surface area contributed by atoms with Crippen LogP contribution in [0, 0.1) is 11.7 Å². The van der Waals surface area contributed by atoms with Crippen molar-refractivity contribution in [2.45, 2.75) is 31.1 Å². The Labute approximate surface area is 196 Å². The molecular weight excluding hydrogens is 480 g/mol. The number of nitrogens with one attached hydrogen (secondary N) is 1. The van der Waals surface area contributed by atoms with Crippen molar-refractivity contribution in [2.24, 2.45) is 5.92 Å². The van der Waals surface area contributed by atoms with Crippen molar-refractivity contribution in [1.82, 2.24) is 15.2 Å². The highest BCUT2D eigenvalue weighted by Gasteiger charge is 2.61. The summed E-state index contributed by atoms with van der Waals surface area (Å²) < 4.78 is 53.2. The number of pyridine rings is 1. The molecule has 7 nitrogen and oxygen atoms in total. The highest BCUT2D eigenvalue weighted by molar-refractivity contribution is 6.30. The van der Waals surface area contributed by atoms with E-state index in [-0.39, 0.29) is 36.1 Å². The standard InChI is InChI=1S/C22H19ClF4N4O3/c1-28-19(33)13-7-21(8-13)20(34)30(18-16(24)6-15(23)9-29-18)11-17(32)31(21)10-12-2-4-14(5-3-12)22(25,26)27/h2-6,9,13H,7-8,10-11H2,1H3,(H,28,33)/t13-,21-. The molecule has 180 valence electrons. The van der Waals surface area contributed by atoms with Crippen LogP contribution in [0.2, 0.25) is 5.02 Å². The maximum absolute atomic E-state index is 14.5. The lowest BCUT2D eigenvalue weighted by Gasteiger charge is -2.56. The van der Waals surface area contributed by atoms with E-state index in [2.05, 4.69) is 10.3 Å². The van der Waals surface area contributed by atoms with Crippen LogP contribution >= 0.6 is 11.6 Å². The monoisotopic (exact) mass is 498 g/mol. The van der Waals surface area contributed by atoms with E-state index in [9.17, 15) is 31.9 Å². The summed E-state index contributed by atoms with van der Waals surface area (Å²) in [6, 6.07) is 5.22. The van der Waals surface area contributed by atoms with Gasteiger partial charge in [-0.1, -0.05) is 23.7 Å². The highest BCUT2D eigenvalue weighted by Crippen LogP contribution is 2.47. The van der Waals surface area contributed by atoms with Crippen molar-refractivity contribution < 1.29 is 31.9 Å². The molecule has 0 bridgehead atoms. The van der Waals surface area contributed by atoms with Crippen LogP contribution in [-0.2, 0) is 27.1 Å². The summed E-state index contributed by atoms with van der Waals surface area (Å²) in [7, 11) is 1.44. The Morgan fingerprint density at radius 1 is 1.24 bits per heavy atom. The SMILES string of the molecule is CNC(=O)[C@H]1C[C@]2(C1)C(=O)N(c1ncc(Cl)cc1F)CC(=O)N2Cc1ccc(C(F)(F)F)cc1. The Kier molecular flexibility index (Phi) is 6.01. The first kappa shape index (κ1) is 23.9. The minimum Gasteiger partial charge on any atom is -0.359 e. The summed E-state index contributed by atoms with van der Waals surface area (Å²) in [4.78, 5) is 44.9. The van der Waals surface area contributed by atoms with E-state index in [0.717, 1.165) is 29.3 Å². The maximum atomic E-state index is 14.5. The molecule has 0 unspecified atom stereocenters. The first-order valence-electron chi connectivity index (χ1n) is 10.3. The molecule has 1 saturated heterocycles. The van der Waals surface area contributed by atoms with Crippen LogP contribution < -0.4 is 10.2 Å². The average molecular weight is 499 g/mol. The molecule has 1 aromatic carbocycles. The molecule has 0 radical (unpaired) electrons. The molecule has 1 aliphatic carbocycles. The van der Waals surface area contributed by atoms with Gasteiger partial charge in [0, 0.05) is 25.7 Å². The molecule has 2 aromatic rings. The number of alkyl halides is 3. The molecule has 1 aromatic heterocycles. The predicted molar refractivity (Wildman–Crippen MR) is 113 cm³/mol. The van der Waals surface area contributed by atoms with Crippen molar-refractivity contribution in [1.29, 1.82) is 0 Å². The molecule has 2 aliphatic rings. The summed E-state index contributed by atoms with van der Waals surface area (Å²) in [5.41, 5.74) is -1.92. The van der Waals surface area contributed by atoms with Gasteiger partial charge >= 0.3 is 6.18 Å². The van der Waals surface area contributed by atoms with Gasteiger partial charge in [-0.05, 0) is 36.6 Å². The number of amides is 3. The van der Waals surface area contributed by atoms with E-state index in [4.69, 9.17) is 11.6 Å². The number of piperazine rings is 1. The first-order valence-corrected chi connectivity index (χ1v) is 10.7. The molecule has 2 fully saturated rings. The van der Waals surface area contributed by atoms with E-state index in [1.807, 2.05) is 0 Å². The largest absolute Gasteiger partial charge is 0.416 e. The first-order chi connectivity index (χ1) is 16.0. The van der Waals surface area contributed by atoms with Crippen molar-refractivity contribution >= 4 is 35.1 Å². The van der Waals surface area contributed by atoms with Gasteiger partial charge in [-0.25, -0.2) is 9.37 Å². The number of anilines is 1. The van der Waals surface area contributed by atoms with Crippen LogP contribution in [0.3, 0.4) is 0 Å². The van der Waals surface area contributed by atoms with Crippen LogP contribution in [0.1, 0.15) is 24.0 Å². The number of halogens is 5. The third kappa shape index (κ3) is 4.08. The van der Waals surface area contributed by atoms with Gasteiger partial charge < -0.3 is 10.2 Å². The highest BCUT2D eigenvalue weighted by atomic mass is 35.5. The molecule has 3 amide bonds. The average Bonchev–Trinajstić information content (AvgIpc) is 2.74. The van der Waals surface area contributed by atoms with Crippen molar-refractivity contribution in [3.8, 4) is 0 Å². The Morgan fingerprint density at radius 3 is 2.44 bits per heavy atom. The number of benzene rings is 1. The molecule has 0 atom stereocenters. The fourth-order valence-electron chi connectivity index (χ4n) is 4.44. The van der Waals surface area contributed by atoms with Crippen molar-refractivity contribution in [3.05, 3.63) is 58.5 Å². The van der Waals surface area contributed by atoms with Gasteiger partial charge in [-0.3, -0.25) is 19.3 Å². The molecule has 1 N–H and O–H groups in total. The minimum atomic E-state index is -4.51. The third-order valence-corrected chi connectivity index (χ3v) is 6.41. The van der Waals surface area contributed by atoms with E-state index in [1.54, 1.807) is 0 Å². The van der Waals surface area contributed by atoms with Crippen LogP contribution in [0.4, 0.5) is 23.4 Å². The Hall–Kier alpha value is -3.21. The second-order valence-electron chi connectivity index (χ2n) is 8.28.